The first kappa shape index (κ1) is 13.4. The number of hydrogen-bond donors (Lipinski definition) is 1. The van der Waals surface area contributed by atoms with Crippen molar-refractivity contribution in [2.75, 3.05) is 19.1 Å². The predicted octanol–water partition coefficient (Wildman–Crippen LogP) is 0.419. The molecule has 1 fully saturated rings. The lowest BCUT2D eigenvalue weighted by Gasteiger charge is -2.46. The summed E-state index contributed by atoms with van der Waals surface area (Å²) in [4.78, 5) is 13.2. The van der Waals surface area contributed by atoms with Gasteiger partial charge in [-0.15, -0.1) is 6.42 Å². The first-order valence-corrected chi connectivity index (χ1v) is 5.78. The highest BCUT2D eigenvalue weighted by molar-refractivity contribution is 6.05. The summed E-state index contributed by atoms with van der Waals surface area (Å²) in [7, 11) is 3.02. The Morgan fingerprint density at radius 2 is 2.00 bits per heavy atom. The van der Waals surface area contributed by atoms with Crippen molar-refractivity contribution in [2.24, 2.45) is 0 Å². The molecule has 2 rings (SSSR count). The highest BCUT2D eigenvalue weighted by Crippen LogP contribution is 2.32. The van der Waals surface area contributed by atoms with Crippen LogP contribution in [0.1, 0.15) is 0 Å². The van der Waals surface area contributed by atoms with Gasteiger partial charge in [-0.1, -0.05) is 5.92 Å². The standard InChI is InChI=1S/C14H15NO4/c1-4-11(19-3)12-13(16)14(17)15(12)9-5-7-10(18-2)8-6-9/h1,5-8,11-13,16H,2-3H3/t11-,12+,13-/m1/s1. The van der Waals surface area contributed by atoms with Crippen LogP contribution in [0, 0.1) is 12.3 Å². The van der Waals surface area contributed by atoms with Crippen LogP contribution in [0.4, 0.5) is 5.69 Å². The van der Waals surface area contributed by atoms with E-state index < -0.39 is 18.2 Å². The number of rotatable bonds is 4. The zero-order chi connectivity index (χ0) is 14.0. The largest absolute Gasteiger partial charge is 0.497 e. The van der Waals surface area contributed by atoms with E-state index in [1.165, 1.54) is 12.0 Å². The number of aliphatic hydroxyl groups excluding tert-OH is 1. The van der Waals surface area contributed by atoms with Crippen molar-refractivity contribution in [3.63, 3.8) is 0 Å². The van der Waals surface area contributed by atoms with Crippen LogP contribution < -0.4 is 9.64 Å². The molecule has 0 aliphatic carbocycles. The molecule has 1 heterocycles. The highest BCUT2D eigenvalue weighted by Gasteiger charge is 2.51. The van der Waals surface area contributed by atoms with Gasteiger partial charge in [0.05, 0.1) is 7.11 Å². The Balaban J connectivity index is 2.26. The predicted molar refractivity (Wildman–Crippen MR) is 69.9 cm³/mol. The number of ether oxygens (including phenoxy) is 2. The average Bonchev–Trinajstić information content (AvgIpc) is 2.47. The van der Waals surface area contributed by atoms with Gasteiger partial charge in [0, 0.05) is 12.8 Å². The number of hydrogen-bond acceptors (Lipinski definition) is 4. The molecule has 100 valence electrons. The van der Waals surface area contributed by atoms with Gasteiger partial charge >= 0.3 is 0 Å². The Morgan fingerprint density at radius 3 is 2.47 bits per heavy atom. The smallest absolute Gasteiger partial charge is 0.258 e. The van der Waals surface area contributed by atoms with Gasteiger partial charge in [-0.25, -0.2) is 0 Å². The number of carbonyl (C=O) groups excluding carboxylic acids is 1. The van der Waals surface area contributed by atoms with E-state index >= 15 is 0 Å². The van der Waals surface area contributed by atoms with E-state index in [1.54, 1.807) is 31.4 Å². The van der Waals surface area contributed by atoms with Crippen LogP contribution in [0.2, 0.25) is 0 Å². The zero-order valence-corrected chi connectivity index (χ0v) is 10.7. The molecule has 19 heavy (non-hydrogen) atoms. The van der Waals surface area contributed by atoms with E-state index in [0.717, 1.165) is 0 Å². The lowest BCUT2D eigenvalue weighted by Crippen LogP contribution is -2.69. The van der Waals surface area contributed by atoms with Crippen LogP contribution in [-0.4, -0.2) is 43.5 Å². The van der Waals surface area contributed by atoms with E-state index in [-0.39, 0.29) is 5.91 Å². The highest BCUT2D eigenvalue weighted by atomic mass is 16.5. The van der Waals surface area contributed by atoms with Gasteiger partial charge in [0.15, 0.2) is 6.10 Å². The lowest BCUT2D eigenvalue weighted by atomic mass is 9.92. The fourth-order valence-electron chi connectivity index (χ4n) is 2.14. The Labute approximate surface area is 111 Å². The van der Waals surface area contributed by atoms with E-state index in [9.17, 15) is 9.90 Å². The summed E-state index contributed by atoms with van der Waals surface area (Å²) in [5.41, 5.74) is 0.651. The summed E-state index contributed by atoms with van der Waals surface area (Å²) in [6.07, 6.45) is 3.58. The number of benzene rings is 1. The molecular weight excluding hydrogens is 246 g/mol. The minimum absolute atomic E-state index is 0.382. The molecule has 1 aliphatic heterocycles. The second kappa shape index (κ2) is 5.31. The van der Waals surface area contributed by atoms with Crippen LogP contribution >= 0.6 is 0 Å². The Kier molecular flexibility index (Phi) is 3.74. The van der Waals surface area contributed by atoms with Gasteiger partial charge in [0.2, 0.25) is 0 Å². The number of nitrogens with zero attached hydrogens (tertiary/aromatic N) is 1. The molecule has 1 N–H and O–H groups in total. The number of methoxy groups -OCH3 is 2. The zero-order valence-electron chi connectivity index (χ0n) is 10.7. The van der Waals surface area contributed by atoms with Crippen LogP contribution in [0.3, 0.4) is 0 Å². The Morgan fingerprint density at radius 1 is 1.37 bits per heavy atom. The number of aliphatic hydroxyl groups is 1. The molecule has 5 nitrogen and oxygen atoms in total. The SMILES string of the molecule is C#C[C@@H](OC)[C@H]1[C@@H](O)C(=O)N1c1ccc(OC)cc1. The molecule has 1 saturated heterocycles. The number of anilines is 1. The molecule has 0 saturated carbocycles. The third kappa shape index (κ3) is 2.16. The molecule has 1 aromatic rings. The van der Waals surface area contributed by atoms with Crippen molar-refractivity contribution in [3.8, 4) is 18.1 Å². The molecule has 3 atom stereocenters. The molecule has 1 aliphatic rings. The van der Waals surface area contributed by atoms with Crippen molar-refractivity contribution >= 4 is 11.6 Å². The third-order valence-corrected chi connectivity index (χ3v) is 3.19. The number of β-lactam (4-membered cyclic amide) rings is 1. The van der Waals surface area contributed by atoms with Crippen LogP contribution in [-0.2, 0) is 9.53 Å². The van der Waals surface area contributed by atoms with Gasteiger partial charge in [0.1, 0.15) is 17.9 Å². The summed E-state index contributed by atoms with van der Waals surface area (Å²) in [6, 6.07) is 6.39. The van der Waals surface area contributed by atoms with Gasteiger partial charge in [-0.3, -0.25) is 4.79 Å². The first-order valence-electron chi connectivity index (χ1n) is 5.78. The monoisotopic (exact) mass is 261 g/mol. The van der Waals surface area contributed by atoms with Gasteiger partial charge in [-0.05, 0) is 24.3 Å². The maximum atomic E-state index is 11.8. The van der Waals surface area contributed by atoms with Crippen molar-refractivity contribution < 1.29 is 19.4 Å². The van der Waals surface area contributed by atoms with Gasteiger partial charge < -0.3 is 19.5 Å². The van der Waals surface area contributed by atoms with Crippen molar-refractivity contribution in [1.29, 1.82) is 0 Å². The summed E-state index contributed by atoms with van der Waals surface area (Å²) < 4.78 is 10.2. The maximum absolute atomic E-state index is 11.8. The molecule has 0 aromatic heterocycles. The number of amides is 1. The fourth-order valence-corrected chi connectivity index (χ4v) is 2.14. The molecule has 0 radical (unpaired) electrons. The van der Waals surface area contributed by atoms with Crippen LogP contribution in [0.15, 0.2) is 24.3 Å². The van der Waals surface area contributed by atoms with Crippen LogP contribution in [0.5, 0.6) is 5.75 Å². The minimum atomic E-state index is -1.12. The lowest BCUT2D eigenvalue weighted by molar-refractivity contribution is -0.140. The third-order valence-electron chi connectivity index (χ3n) is 3.19. The number of terminal acetylenes is 1. The maximum Gasteiger partial charge on any atom is 0.258 e. The number of carbonyl (C=O) groups is 1. The topological polar surface area (TPSA) is 59.0 Å². The molecule has 0 bridgehead atoms. The molecule has 0 spiro atoms. The summed E-state index contributed by atoms with van der Waals surface area (Å²) in [5, 5.41) is 9.75. The molecular formula is C14H15NO4. The summed E-state index contributed by atoms with van der Waals surface area (Å²) >= 11 is 0. The van der Waals surface area contributed by atoms with Crippen molar-refractivity contribution in [3.05, 3.63) is 24.3 Å². The van der Waals surface area contributed by atoms with E-state index in [0.29, 0.717) is 11.4 Å². The molecule has 1 amide bonds. The Bertz CT molecular complexity index is 505. The summed E-state index contributed by atoms with van der Waals surface area (Å²) in [6.45, 7) is 0. The van der Waals surface area contributed by atoms with Gasteiger partial charge in [-0.2, -0.15) is 0 Å². The van der Waals surface area contributed by atoms with Crippen molar-refractivity contribution in [2.45, 2.75) is 18.2 Å². The van der Waals surface area contributed by atoms with Gasteiger partial charge in [0.25, 0.3) is 5.91 Å². The summed E-state index contributed by atoms with van der Waals surface area (Å²) in [5.74, 6) is 2.73. The average molecular weight is 261 g/mol. The normalized spacial score (nSPS) is 23.5. The minimum Gasteiger partial charge on any atom is -0.497 e. The molecule has 1 aromatic carbocycles. The molecule has 0 unspecified atom stereocenters. The van der Waals surface area contributed by atoms with E-state index in [1.807, 2.05) is 0 Å². The fraction of sp³-hybridized carbons (Fsp3) is 0.357. The van der Waals surface area contributed by atoms with E-state index in [2.05, 4.69) is 5.92 Å². The van der Waals surface area contributed by atoms with Crippen LogP contribution in [0.25, 0.3) is 0 Å². The second-order valence-electron chi connectivity index (χ2n) is 4.16. The Hall–Kier alpha value is -2.03. The molecule has 5 heteroatoms. The quantitative estimate of drug-likeness (QED) is 0.630. The van der Waals surface area contributed by atoms with Crippen molar-refractivity contribution in [1.82, 2.24) is 0 Å². The first-order chi connectivity index (χ1) is 9.13. The second-order valence-corrected chi connectivity index (χ2v) is 4.16. The van der Waals surface area contributed by atoms with E-state index in [4.69, 9.17) is 15.9 Å².